The summed E-state index contributed by atoms with van der Waals surface area (Å²) in [4.78, 5) is 42.5. The van der Waals surface area contributed by atoms with Crippen LogP contribution in [-0.2, 0) is 16.6 Å². The molecule has 13 heteroatoms. The minimum absolute atomic E-state index is 0.0561. The third-order valence-electron chi connectivity index (χ3n) is 9.07. The molecule has 6 heterocycles. The zero-order valence-corrected chi connectivity index (χ0v) is 28.0. The zero-order chi connectivity index (χ0) is 34.3. The Balaban J connectivity index is 1.06. The van der Waals surface area contributed by atoms with E-state index in [9.17, 15) is 14.9 Å². The summed E-state index contributed by atoms with van der Waals surface area (Å²) in [5, 5.41) is 18.4. The van der Waals surface area contributed by atoms with Gasteiger partial charge in [-0.1, -0.05) is 30.3 Å². The fourth-order valence-corrected chi connectivity index (χ4v) is 6.66. The Morgan fingerprint density at radius 1 is 0.898 bits per heavy atom. The van der Waals surface area contributed by atoms with E-state index in [1.54, 1.807) is 38.9 Å². The number of fused-ring (bicyclic) bond motifs is 1. The van der Waals surface area contributed by atoms with E-state index in [4.69, 9.17) is 14.7 Å². The molecular formula is C36H38N10O3. The number of benzene rings is 1. The highest BCUT2D eigenvalue weighted by atomic mass is 16.6. The maximum atomic E-state index is 14.0. The molecule has 13 nitrogen and oxygen atoms in total. The minimum atomic E-state index is -0.615. The average molecular weight is 659 g/mol. The summed E-state index contributed by atoms with van der Waals surface area (Å²) in [6, 6.07) is 16.1. The van der Waals surface area contributed by atoms with E-state index in [-0.39, 0.29) is 23.8 Å². The van der Waals surface area contributed by atoms with Gasteiger partial charge in [0.05, 0.1) is 35.9 Å². The number of aryl methyl sites for hydroxylation is 1. The van der Waals surface area contributed by atoms with Crippen LogP contribution in [0.5, 0.6) is 0 Å². The number of rotatable bonds is 5. The Morgan fingerprint density at radius 3 is 2.33 bits per heavy atom. The Bertz CT molecular complexity index is 2030. The van der Waals surface area contributed by atoms with Crippen LogP contribution in [0.1, 0.15) is 37.8 Å². The number of anilines is 1. The molecule has 49 heavy (non-hydrogen) atoms. The van der Waals surface area contributed by atoms with Crippen LogP contribution in [0.25, 0.3) is 28.0 Å². The average Bonchev–Trinajstić information content (AvgIpc) is 3.86. The largest absolute Gasteiger partial charge is 0.444 e. The van der Waals surface area contributed by atoms with Gasteiger partial charge in [-0.2, -0.15) is 15.5 Å². The Morgan fingerprint density at radius 2 is 1.67 bits per heavy atom. The van der Waals surface area contributed by atoms with Gasteiger partial charge in [-0.3, -0.25) is 9.48 Å². The van der Waals surface area contributed by atoms with Crippen LogP contribution in [0.3, 0.4) is 0 Å². The van der Waals surface area contributed by atoms with Crippen LogP contribution < -0.4 is 4.90 Å². The highest BCUT2D eigenvalue weighted by Crippen LogP contribution is 2.35. The monoisotopic (exact) mass is 658 g/mol. The lowest BCUT2D eigenvalue weighted by Gasteiger charge is -2.37. The lowest BCUT2D eigenvalue weighted by Crippen LogP contribution is -2.51. The number of nitriles is 1. The van der Waals surface area contributed by atoms with Gasteiger partial charge in [0.2, 0.25) is 5.91 Å². The van der Waals surface area contributed by atoms with E-state index < -0.39 is 5.60 Å². The number of piperazine rings is 1. The van der Waals surface area contributed by atoms with Crippen molar-refractivity contribution < 1.29 is 14.3 Å². The second-order valence-corrected chi connectivity index (χ2v) is 13.6. The molecule has 2 aliphatic heterocycles. The van der Waals surface area contributed by atoms with Crippen molar-refractivity contribution in [2.75, 3.05) is 44.2 Å². The molecule has 2 saturated heterocycles. The van der Waals surface area contributed by atoms with Gasteiger partial charge >= 0.3 is 6.09 Å². The van der Waals surface area contributed by atoms with Crippen LogP contribution >= 0.6 is 0 Å². The normalized spacial score (nSPS) is 18.1. The maximum Gasteiger partial charge on any atom is 0.410 e. The van der Waals surface area contributed by atoms with Crippen molar-refractivity contribution in [1.29, 1.82) is 5.26 Å². The third kappa shape index (κ3) is 6.41. The third-order valence-corrected chi connectivity index (χ3v) is 9.07. The van der Waals surface area contributed by atoms with Gasteiger partial charge in [-0.05, 0) is 38.5 Å². The summed E-state index contributed by atoms with van der Waals surface area (Å²) in [5.74, 6) is 0.388. The molecule has 2 aliphatic rings. The number of hydrogen-bond donors (Lipinski definition) is 0. The number of carbonyl (C=O) groups excluding carboxylic acids is 2. The van der Waals surface area contributed by atoms with Crippen LogP contribution in [-0.4, -0.2) is 96.0 Å². The molecule has 0 unspecified atom stereocenters. The molecule has 0 aliphatic carbocycles. The van der Waals surface area contributed by atoms with Gasteiger partial charge in [-0.15, -0.1) is 0 Å². The number of hydrogen-bond acceptors (Lipinski definition) is 9. The highest BCUT2D eigenvalue weighted by molar-refractivity contribution is 5.84. The standard InChI is InChI=1S/C36H38N10O3/c1-36(2,3)49-35(48)45-21-28(24-8-6-5-7-9-24)29(22-45)34(47)44-14-12-43(13-15-44)31-11-10-25(17-38-31)32-33-26(16-37)18-40-46(33)23-30(41-32)27-19-39-42(4)20-27/h5-11,17-20,23,28-29H,12-15,21-22H2,1-4H3/t28-,29+/m0/s1. The first-order valence-electron chi connectivity index (χ1n) is 16.4. The molecule has 5 aromatic rings. The molecule has 0 radical (unpaired) electrons. The summed E-state index contributed by atoms with van der Waals surface area (Å²) in [7, 11) is 1.85. The lowest BCUT2D eigenvalue weighted by molar-refractivity contribution is -0.135. The summed E-state index contributed by atoms with van der Waals surface area (Å²) in [5.41, 5.74) is 4.35. The molecule has 2 atom stereocenters. The molecule has 250 valence electrons. The summed E-state index contributed by atoms with van der Waals surface area (Å²) < 4.78 is 9.04. The van der Waals surface area contributed by atoms with E-state index in [1.165, 1.54) is 0 Å². The Labute approximate surface area is 284 Å². The summed E-state index contributed by atoms with van der Waals surface area (Å²) in [6.45, 7) is 8.64. The molecular weight excluding hydrogens is 620 g/mol. The zero-order valence-electron chi connectivity index (χ0n) is 28.0. The molecule has 0 bridgehead atoms. The molecule has 2 amide bonds. The number of amides is 2. The number of aromatic nitrogens is 6. The summed E-state index contributed by atoms with van der Waals surface area (Å²) in [6.07, 6.45) is 8.33. The van der Waals surface area contributed by atoms with Crippen molar-refractivity contribution >= 4 is 23.3 Å². The number of carbonyl (C=O) groups is 2. The molecule has 0 spiro atoms. The number of ether oxygens (including phenoxy) is 1. The Kier molecular flexibility index (Phi) is 8.23. The quantitative estimate of drug-likeness (QED) is 0.270. The minimum Gasteiger partial charge on any atom is -0.444 e. The van der Waals surface area contributed by atoms with E-state index >= 15 is 0 Å². The highest BCUT2D eigenvalue weighted by Gasteiger charge is 2.43. The first-order chi connectivity index (χ1) is 23.6. The second-order valence-electron chi connectivity index (χ2n) is 13.6. The van der Waals surface area contributed by atoms with Crippen molar-refractivity contribution in [3.05, 3.63) is 84.6 Å². The van der Waals surface area contributed by atoms with Crippen molar-refractivity contribution in [3.63, 3.8) is 0 Å². The van der Waals surface area contributed by atoms with Gasteiger partial charge in [0, 0.05) is 75.8 Å². The van der Waals surface area contributed by atoms with Crippen LogP contribution in [0.4, 0.5) is 10.6 Å². The van der Waals surface area contributed by atoms with Crippen LogP contribution in [0.15, 0.2) is 73.4 Å². The number of nitrogens with zero attached hydrogens (tertiary/aromatic N) is 10. The molecule has 1 aromatic carbocycles. The second kappa shape index (κ2) is 12.7. The number of likely N-dealkylation sites (tertiary alicyclic amines) is 1. The van der Waals surface area contributed by atoms with Crippen molar-refractivity contribution in [2.45, 2.75) is 32.3 Å². The van der Waals surface area contributed by atoms with Gasteiger partial charge in [-0.25, -0.2) is 19.3 Å². The molecule has 7 rings (SSSR count). The van der Waals surface area contributed by atoms with Crippen molar-refractivity contribution in [2.24, 2.45) is 13.0 Å². The first kappa shape index (κ1) is 31.8. The van der Waals surface area contributed by atoms with E-state index in [0.717, 1.165) is 22.5 Å². The van der Waals surface area contributed by atoms with Crippen molar-refractivity contribution in [1.82, 2.24) is 39.2 Å². The molecule has 0 N–H and O–H groups in total. The number of pyridine rings is 1. The van der Waals surface area contributed by atoms with Gasteiger partial charge in [0.15, 0.2) is 0 Å². The molecule has 4 aromatic heterocycles. The smallest absolute Gasteiger partial charge is 0.410 e. The lowest BCUT2D eigenvalue weighted by atomic mass is 9.88. The van der Waals surface area contributed by atoms with E-state index in [0.29, 0.717) is 61.7 Å². The SMILES string of the molecule is Cn1cc(-c2cn3ncc(C#N)c3c(-c3ccc(N4CCN(C(=O)[C@@H]5CN(C(=O)OC(C)(C)C)C[C@H]5c5ccccc5)CC4)nc3)n2)cn1. The van der Waals surface area contributed by atoms with Crippen LogP contribution in [0, 0.1) is 17.2 Å². The van der Waals surface area contributed by atoms with Gasteiger partial charge in [0.1, 0.15) is 28.6 Å². The van der Waals surface area contributed by atoms with E-state index in [1.807, 2.05) is 81.4 Å². The predicted molar refractivity (Wildman–Crippen MR) is 182 cm³/mol. The van der Waals surface area contributed by atoms with Crippen molar-refractivity contribution in [3.8, 4) is 28.6 Å². The predicted octanol–water partition coefficient (Wildman–Crippen LogP) is 4.36. The summed E-state index contributed by atoms with van der Waals surface area (Å²) >= 11 is 0. The van der Waals surface area contributed by atoms with Crippen LogP contribution in [0.2, 0.25) is 0 Å². The molecule has 2 fully saturated rings. The van der Waals surface area contributed by atoms with Gasteiger partial charge < -0.3 is 19.4 Å². The molecule has 0 saturated carbocycles. The fourth-order valence-electron chi connectivity index (χ4n) is 6.66. The van der Waals surface area contributed by atoms with Gasteiger partial charge in [0.25, 0.3) is 0 Å². The van der Waals surface area contributed by atoms with E-state index in [2.05, 4.69) is 21.2 Å². The fraction of sp³-hybridized carbons (Fsp3) is 0.361. The Hall–Kier alpha value is -5.77. The topological polar surface area (TPSA) is 138 Å². The first-order valence-corrected chi connectivity index (χ1v) is 16.4. The maximum absolute atomic E-state index is 14.0.